The van der Waals surface area contributed by atoms with Gasteiger partial charge < -0.3 is 11.5 Å². The standard InChI is InChI=1S/C9H11Br2FN2/c10-5-3-6(8(13)1-2-12)9(14)7(11)4-5/h3-4,8H,1-2,13-14H2/t8-/m0/s1. The molecule has 0 heterocycles. The maximum atomic E-state index is 12.1. The van der Waals surface area contributed by atoms with E-state index in [2.05, 4.69) is 31.9 Å². The predicted molar refractivity (Wildman–Crippen MR) is 63.8 cm³/mol. The third-order valence-electron chi connectivity index (χ3n) is 1.95. The third kappa shape index (κ3) is 2.68. The van der Waals surface area contributed by atoms with Crippen molar-refractivity contribution in [2.24, 2.45) is 5.73 Å². The van der Waals surface area contributed by atoms with Crippen LogP contribution in [0.2, 0.25) is 0 Å². The SMILES string of the molecule is Nc1c(Br)cc(Br)cc1[C@@H](N)CCF. The highest BCUT2D eigenvalue weighted by Gasteiger charge is 2.12. The first-order valence-corrected chi connectivity index (χ1v) is 5.70. The van der Waals surface area contributed by atoms with Gasteiger partial charge in [-0.25, -0.2) is 0 Å². The molecule has 0 amide bonds. The van der Waals surface area contributed by atoms with Gasteiger partial charge in [0.1, 0.15) is 0 Å². The van der Waals surface area contributed by atoms with E-state index in [1.807, 2.05) is 12.1 Å². The number of nitrogen functional groups attached to an aromatic ring is 1. The molecule has 0 saturated heterocycles. The van der Waals surface area contributed by atoms with Gasteiger partial charge in [-0.3, -0.25) is 4.39 Å². The van der Waals surface area contributed by atoms with Crippen LogP contribution in [0, 0.1) is 0 Å². The molecule has 4 N–H and O–H groups in total. The molecule has 0 radical (unpaired) electrons. The number of benzene rings is 1. The van der Waals surface area contributed by atoms with Crippen molar-refractivity contribution >= 4 is 37.5 Å². The number of anilines is 1. The number of alkyl halides is 1. The predicted octanol–water partition coefficient (Wildman–Crippen LogP) is 3.15. The van der Waals surface area contributed by atoms with Crippen LogP contribution in [0.4, 0.5) is 10.1 Å². The largest absolute Gasteiger partial charge is 0.398 e. The minimum atomic E-state index is -0.440. The zero-order valence-corrected chi connectivity index (χ0v) is 10.6. The molecular formula is C9H11Br2FN2. The smallest absolute Gasteiger partial charge is 0.0912 e. The van der Waals surface area contributed by atoms with Crippen LogP contribution in [0.3, 0.4) is 0 Å². The first kappa shape index (κ1) is 11.9. The second-order valence-corrected chi connectivity index (χ2v) is 4.74. The van der Waals surface area contributed by atoms with Crippen LogP contribution in [-0.4, -0.2) is 6.67 Å². The van der Waals surface area contributed by atoms with Crippen molar-refractivity contribution in [2.45, 2.75) is 12.5 Å². The molecule has 0 unspecified atom stereocenters. The lowest BCUT2D eigenvalue weighted by Crippen LogP contribution is -2.13. The molecule has 0 spiro atoms. The quantitative estimate of drug-likeness (QED) is 0.839. The normalized spacial score (nSPS) is 12.9. The molecule has 2 nitrogen and oxygen atoms in total. The van der Waals surface area contributed by atoms with Crippen LogP contribution in [0.1, 0.15) is 18.0 Å². The molecule has 0 aromatic heterocycles. The number of hydrogen-bond donors (Lipinski definition) is 2. The summed E-state index contributed by atoms with van der Waals surface area (Å²) in [6.07, 6.45) is 0.285. The van der Waals surface area contributed by atoms with Crippen LogP contribution in [0.15, 0.2) is 21.1 Å². The lowest BCUT2D eigenvalue weighted by molar-refractivity contribution is 0.442. The minimum Gasteiger partial charge on any atom is -0.398 e. The Labute approximate surface area is 99.1 Å². The van der Waals surface area contributed by atoms with Crippen LogP contribution < -0.4 is 11.5 Å². The molecule has 1 aromatic carbocycles. The summed E-state index contributed by atoms with van der Waals surface area (Å²) in [6.45, 7) is -0.440. The van der Waals surface area contributed by atoms with Crippen molar-refractivity contribution in [1.82, 2.24) is 0 Å². The number of rotatable bonds is 3. The van der Waals surface area contributed by atoms with Gasteiger partial charge in [0.2, 0.25) is 0 Å². The Balaban J connectivity index is 3.07. The molecule has 0 bridgehead atoms. The molecule has 0 aliphatic heterocycles. The summed E-state index contributed by atoms with van der Waals surface area (Å²) in [5, 5.41) is 0. The Morgan fingerprint density at radius 3 is 2.57 bits per heavy atom. The van der Waals surface area contributed by atoms with E-state index in [9.17, 15) is 4.39 Å². The Kier molecular flexibility index (Phi) is 4.34. The topological polar surface area (TPSA) is 52.0 Å². The molecule has 1 aromatic rings. The lowest BCUT2D eigenvalue weighted by Gasteiger charge is -2.14. The zero-order valence-electron chi connectivity index (χ0n) is 7.43. The van der Waals surface area contributed by atoms with E-state index in [1.165, 1.54) is 0 Å². The van der Waals surface area contributed by atoms with Crippen molar-refractivity contribution in [1.29, 1.82) is 0 Å². The van der Waals surface area contributed by atoms with E-state index < -0.39 is 6.67 Å². The highest BCUT2D eigenvalue weighted by Crippen LogP contribution is 2.32. The third-order valence-corrected chi connectivity index (χ3v) is 3.06. The van der Waals surface area contributed by atoms with Gasteiger partial charge in [0.05, 0.1) is 12.4 Å². The summed E-state index contributed by atoms with van der Waals surface area (Å²) >= 11 is 6.64. The highest BCUT2D eigenvalue weighted by molar-refractivity contribution is 9.11. The van der Waals surface area contributed by atoms with Crippen molar-refractivity contribution < 1.29 is 4.39 Å². The minimum absolute atomic E-state index is 0.285. The van der Waals surface area contributed by atoms with Crippen LogP contribution in [0.5, 0.6) is 0 Å². The Bertz CT molecular complexity index is 331. The Morgan fingerprint density at radius 2 is 2.00 bits per heavy atom. The fourth-order valence-corrected chi connectivity index (χ4v) is 2.44. The molecule has 5 heteroatoms. The zero-order chi connectivity index (χ0) is 10.7. The van der Waals surface area contributed by atoms with Gasteiger partial charge in [-0.05, 0) is 40.0 Å². The average Bonchev–Trinajstić information content (AvgIpc) is 2.11. The van der Waals surface area contributed by atoms with E-state index >= 15 is 0 Å². The van der Waals surface area contributed by atoms with E-state index in [0.717, 1.165) is 14.5 Å². The Morgan fingerprint density at radius 1 is 1.36 bits per heavy atom. The van der Waals surface area contributed by atoms with E-state index in [1.54, 1.807) is 0 Å². The molecule has 1 rings (SSSR count). The van der Waals surface area contributed by atoms with Gasteiger partial charge in [-0.15, -0.1) is 0 Å². The summed E-state index contributed by atoms with van der Waals surface area (Å²) in [4.78, 5) is 0. The monoisotopic (exact) mass is 324 g/mol. The fourth-order valence-electron chi connectivity index (χ4n) is 1.18. The molecule has 0 fully saturated rings. The van der Waals surface area contributed by atoms with Crippen molar-refractivity contribution in [3.63, 3.8) is 0 Å². The molecule has 0 aliphatic rings. The molecule has 0 saturated carbocycles. The highest BCUT2D eigenvalue weighted by atomic mass is 79.9. The van der Waals surface area contributed by atoms with Crippen molar-refractivity contribution in [2.75, 3.05) is 12.4 Å². The van der Waals surface area contributed by atoms with E-state index in [0.29, 0.717) is 5.69 Å². The van der Waals surface area contributed by atoms with Gasteiger partial charge in [0.15, 0.2) is 0 Å². The maximum absolute atomic E-state index is 12.1. The van der Waals surface area contributed by atoms with Gasteiger partial charge in [0, 0.05) is 15.0 Å². The summed E-state index contributed by atoms with van der Waals surface area (Å²) in [7, 11) is 0. The van der Waals surface area contributed by atoms with Crippen molar-refractivity contribution in [3.8, 4) is 0 Å². The fraction of sp³-hybridized carbons (Fsp3) is 0.333. The van der Waals surface area contributed by atoms with Crippen molar-refractivity contribution in [3.05, 3.63) is 26.6 Å². The molecular weight excluding hydrogens is 315 g/mol. The summed E-state index contributed by atoms with van der Waals surface area (Å²) in [5.41, 5.74) is 12.9. The average molecular weight is 326 g/mol. The van der Waals surface area contributed by atoms with E-state index in [4.69, 9.17) is 11.5 Å². The molecule has 0 aliphatic carbocycles. The summed E-state index contributed by atoms with van der Waals surface area (Å²) < 4.78 is 13.8. The van der Waals surface area contributed by atoms with Gasteiger partial charge in [0.25, 0.3) is 0 Å². The summed E-state index contributed by atoms with van der Waals surface area (Å²) in [6, 6.07) is 3.30. The second-order valence-electron chi connectivity index (χ2n) is 2.97. The molecule has 78 valence electrons. The number of nitrogens with two attached hydrogens (primary N) is 2. The van der Waals surface area contributed by atoms with Gasteiger partial charge in [-0.2, -0.15) is 0 Å². The van der Waals surface area contributed by atoms with Gasteiger partial charge in [-0.1, -0.05) is 15.9 Å². The second kappa shape index (κ2) is 5.09. The first-order valence-electron chi connectivity index (χ1n) is 4.12. The molecule has 1 atom stereocenters. The van der Waals surface area contributed by atoms with E-state index in [-0.39, 0.29) is 12.5 Å². The lowest BCUT2D eigenvalue weighted by atomic mass is 10.0. The Hall–Kier alpha value is -0.130. The number of halogens is 3. The molecule has 14 heavy (non-hydrogen) atoms. The first-order chi connectivity index (χ1) is 6.56. The van der Waals surface area contributed by atoms with Gasteiger partial charge >= 0.3 is 0 Å². The summed E-state index contributed by atoms with van der Waals surface area (Å²) in [5.74, 6) is 0. The van der Waals surface area contributed by atoms with Crippen LogP contribution in [0.25, 0.3) is 0 Å². The van der Waals surface area contributed by atoms with Crippen LogP contribution in [-0.2, 0) is 0 Å². The number of hydrogen-bond acceptors (Lipinski definition) is 2. The maximum Gasteiger partial charge on any atom is 0.0912 e. The van der Waals surface area contributed by atoms with Crippen LogP contribution >= 0.6 is 31.9 Å².